The third kappa shape index (κ3) is 1.44. The van der Waals surface area contributed by atoms with Crippen molar-refractivity contribution in [3.63, 3.8) is 0 Å². The molecule has 3 rings (SSSR count). The van der Waals surface area contributed by atoms with Gasteiger partial charge in [0.1, 0.15) is 11.4 Å². The van der Waals surface area contributed by atoms with Crippen LogP contribution in [-0.4, -0.2) is 16.8 Å². The van der Waals surface area contributed by atoms with E-state index in [-0.39, 0.29) is 0 Å². The first kappa shape index (κ1) is 10.7. The van der Waals surface area contributed by atoms with Crippen LogP contribution in [0.3, 0.4) is 0 Å². The average Bonchev–Trinajstić information content (AvgIpc) is 2.94. The van der Waals surface area contributed by atoms with Crippen LogP contribution in [0, 0.1) is 0 Å². The number of nitrogens with two attached hydrogens (primary N) is 1. The van der Waals surface area contributed by atoms with Gasteiger partial charge < -0.3 is 19.6 Å². The average molecular weight is 243 g/mol. The normalized spacial score (nSPS) is 11.0. The lowest BCUT2D eigenvalue weighted by molar-refractivity contribution is 0.420. The van der Waals surface area contributed by atoms with Crippen LogP contribution in [0.5, 0.6) is 5.75 Å². The van der Waals surface area contributed by atoms with E-state index in [1.807, 2.05) is 35.9 Å². The van der Waals surface area contributed by atoms with Gasteiger partial charge in [-0.1, -0.05) is 11.2 Å². The number of ether oxygens (including phenoxy) is 1. The zero-order chi connectivity index (χ0) is 12.7. The minimum atomic E-state index is 0.308. The summed E-state index contributed by atoms with van der Waals surface area (Å²) in [7, 11) is 3.64. The summed E-state index contributed by atoms with van der Waals surface area (Å²) in [6, 6.07) is 9.66. The highest BCUT2D eigenvalue weighted by atomic mass is 16.5. The highest BCUT2D eigenvalue weighted by Crippen LogP contribution is 2.32. The Morgan fingerprint density at radius 1 is 1.33 bits per heavy atom. The predicted octanol–water partition coefficient (Wildman–Crippen LogP) is 2.42. The number of hydrogen-bond acceptors (Lipinski definition) is 4. The van der Waals surface area contributed by atoms with Crippen LogP contribution in [0.1, 0.15) is 0 Å². The van der Waals surface area contributed by atoms with E-state index in [0.717, 1.165) is 22.3 Å². The van der Waals surface area contributed by atoms with E-state index < -0.39 is 0 Å². The molecule has 0 saturated heterocycles. The van der Waals surface area contributed by atoms with Crippen LogP contribution >= 0.6 is 0 Å². The third-order valence-corrected chi connectivity index (χ3v) is 3.06. The molecule has 5 nitrogen and oxygen atoms in total. The maximum Gasteiger partial charge on any atom is 0.222 e. The maximum absolute atomic E-state index is 5.55. The van der Waals surface area contributed by atoms with Gasteiger partial charge in [0.2, 0.25) is 5.88 Å². The Morgan fingerprint density at radius 3 is 2.83 bits per heavy atom. The number of benzene rings is 1. The van der Waals surface area contributed by atoms with E-state index in [1.165, 1.54) is 0 Å². The number of anilines is 1. The van der Waals surface area contributed by atoms with E-state index in [0.29, 0.717) is 11.6 Å². The number of methoxy groups -OCH3 is 1. The highest BCUT2D eigenvalue weighted by molar-refractivity contribution is 5.91. The fourth-order valence-corrected chi connectivity index (χ4v) is 2.17. The Hall–Kier alpha value is -2.43. The van der Waals surface area contributed by atoms with Crippen LogP contribution in [0.2, 0.25) is 0 Å². The monoisotopic (exact) mass is 243 g/mol. The number of rotatable bonds is 2. The van der Waals surface area contributed by atoms with E-state index in [4.69, 9.17) is 15.0 Å². The SMILES string of the molecule is COc1cccc2c1cc(-c1cc(N)on1)n2C. The van der Waals surface area contributed by atoms with Gasteiger partial charge in [-0.2, -0.15) is 0 Å². The summed E-state index contributed by atoms with van der Waals surface area (Å²) in [5, 5.41) is 4.98. The molecule has 0 atom stereocenters. The zero-order valence-corrected chi connectivity index (χ0v) is 10.2. The zero-order valence-electron chi connectivity index (χ0n) is 10.2. The van der Waals surface area contributed by atoms with Gasteiger partial charge in [-0.05, 0) is 18.2 Å². The highest BCUT2D eigenvalue weighted by Gasteiger charge is 2.13. The molecule has 2 heterocycles. The van der Waals surface area contributed by atoms with Crippen molar-refractivity contribution in [1.29, 1.82) is 0 Å². The van der Waals surface area contributed by atoms with Crippen LogP contribution in [0.25, 0.3) is 22.3 Å². The number of nitrogen functional groups attached to an aromatic ring is 1. The van der Waals surface area contributed by atoms with E-state index in [1.54, 1.807) is 13.2 Å². The van der Waals surface area contributed by atoms with Crippen molar-refractivity contribution >= 4 is 16.8 Å². The van der Waals surface area contributed by atoms with Crippen molar-refractivity contribution in [2.24, 2.45) is 7.05 Å². The lowest BCUT2D eigenvalue weighted by atomic mass is 10.2. The Labute approximate surface area is 104 Å². The molecule has 0 amide bonds. The van der Waals surface area contributed by atoms with Gasteiger partial charge in [-0.15, -0.1) is 0 Å². The topological polar surface area (TPSA) is 66.2 Å². The second kappa shape index (κ2) is 3.80. The number of aromatic nitrogens is 2. The van der Waals surface area contributed by atoms with Crippen LogP contribution in [0.4, 0.5) is 5.88 Å². The van der Waals surface area contributed by atoms with Crippen molar-refractivity contribution in [2.45, 2.75) is 0 Å². The summed E-state index contributed by atoms with van der Waals surface area (Å²) < 4.78 is 12.3. The number of nitrogens with zero attached hydrogens (tertiary/aromatic N) is 2. The molecule has 2 N–H and O–H groups in total. The molecule has 0 unspecified atom stereocenters. The van der Waals surface area contributed by atoms with Crippen LogP contribution < -0.4 is 10.5 Å². The first-order valence-electron chi connectivity index (χ1n) is 5.55. The van der Waals surface area contributed by atoms with Crippen LogP contribution in [0.15, 0.2) is 34.9 Å². The van der Waals surface area contributed by atoms with Crippen molar-refractivity contribution in [1.82, 2.24) is 9.72 Å². The molecule has 0 radical (unpaired) electrons. The molecule has 92 valence electrons. The second-order valence-electron chi connectivity index (χ2n) is 4.10. The van der Waals surface area contributed by atoms with E-state index in [9.17, 15) is 0 Å². The quantitative estimate of drug-likeness (QED) is 0.750. The fraction of sp³-hybridized carbons (Fsp3) is 0.154. The Balaban J connectivity index is 2.28. The lowest BCUT2D eigenvalue weighted by Crippen LogP contribution is -1.91. The Bertz CT molecular complexity index is 712. The minimum absolute atomic E-state index is 0.308. The Morgan fingerprint density at radius 2 is 2.17 bits per heavy atom. The van der Waals surface area contributed by atoms with Gasteiger partial charge in [-0.3, -0.25) is 0 Å². The van der Waals surface area contributed by atoms with Gasteiger partial charge in [0.05, 0.1) is 18.3 Å². The van der Waals surface area contributed by atoms with Gasteiger partial charge in [0.15, 0.2) is 0 Å². The molecule has 0 aliphatic heterocycles. The van der Waals surface area contributed by atoms with Crippen molar-refractivity contribution in [3.8, 4) is 17.1 Å². The van der Waals surface area contributed by atoms with Crippen molar-refractivity contribution < 1.29 is 9.26 Å². The molecular formula is C13H13N3O2. The smallest absolute Gasteiger partial charge is 0.222 e. The molecule has 2 aromatic heterocycles. The standard InChI is InChI=1S/C13H13N3O2/c1-16-10-4-3-5-12(17-2)8(10)6-11(16)9-7-13(14)18-15-9/h3-7H,14H2,1-2H3. The van der Waals surface area contributed by atoms with Gasteiger partial charge in [0, 0.05) is 18.5 Å². The molecule has 0 fully saturated rings. The summed E-state index contributed by atoms with van der Waals surface area (Å²) in [4.78, 5) is 0. The summed E-state index contributed by atoms with van der Waals surface area (Å²) in [5.74, 6) is 1.15. The van der Waals surface area contributed by atoms with E-state index in [2.05, 4.69) is 5.16 Å². The molecule has 0 bridgehead atoms. The van der Waals surface area contributed by atoms with Crippen molar-refractivity contribution in [3.05, 3.63) is 30.3 Å². The lowest BCUT2D eigenvalue weighted by Gasteiger charge is -2.02. The Kier molecular flexibility index (Phi) is 2.26. The van der Waals surface area contributed by atoms with Crippen molar-refractivity contribution in [2.75, 3.05) is 12.8 Å². The summed E-state index contributed by atoms with van der Waals surface area (Å²) in [5.41, 5.74) is 8.28. The first-order chi connectivity index (χ1) is 8.70. The molecule has 0 spiro atoms. The molecule has 0 aliphatic carbocycles. The third-order valence-electron chi connectivity index (χ3n) is 3.06. The molecule has 18 heavy (non-hydrogen) atoms. The molecule has 0 aliphatic rings. The molecule has 1 aromatic carbocycles. The first-order valence-corrected chi connectivity index (χ1v) is 5.55. The largest absolute Gasteiger partial charge is 0.496 e. The van der Waals surface area contributed by atoms with Gasteiger partial charge >= 0.3 is 0 Å². The number of fused-ring (bicyclic) bond motifs is 1. The summed E-state index contributed by atoms with van der Waals surface area (Å²) in [6.07, 6.45) is 0. The van der Waals surface area contributed by atoms with E-state index >= 15 is 0 Å². The summed E-state index contributed by atoms with van der Waals surface area (Å²) >= 11 is 0. The number of hydrogen-bond donors (Lipinski definition) is 1. The minimum Gasteiger partial charge on any atom is -0.496 e. The second-order valence-corrected chi connectivity index (χ2v) is 4.10. The maximum atomic E-state index is 5.55. The molecule has 5 heteroatoms. The molecular weight excluding hydrogens is 230 g/mol. The molecule has 0 saturated carbocycles. The summed E-state index contributed by atoms with van der Waals surface area (Å²) in [6.45, 7) is 0. The molecule has 3 aromatic rings. The van der Waals surface area contributed by atoms with Crippen LogP contribution in [-0.2, 0) is 7.05 Å². The fourth-order valence-electron chi connectivity index (χ4n) is 2.17. The predicted molar refractivity (Wildman–Crippen MR) is 69.4 cm³/mol. The van der Waals surface area contributed by atoms with Gasteiger partial charge in [0.25, 0.3) is 0 Å². The number of aryl methyl sites for hydroxylation is 1. The van der Waals surface area contributed by atoms with Gasteiger partial charge in [-0.25, -0.2) is 0 Å².